The number of nitrogens with zero attached hydrogens (tertiary/aromatic N) is 4. The van der Waals surface area contributed by atoms with E-state index in [1.807, 2.05) is 6.92 Å². The van der Waals surface area contributed by atoms with E-state index in [9.17, 15) is 4.79 Å². The van der Waals surface area contributed by atoms with E-state index in [0.717, 1.165) is 0 Å². The molecule has 2 heterocycles. The Kier molecular flexibility index (Phi) is 3.88. The Morgan fingerprint density at radius 2 is 2.44 bits per heavy atom. The van der Waals surface area contributed by atoms with E-state index >= 15 is 0 Å². The van der Waals surface area contributed by atoms with Gasteiger partial charge in [0.15, 0.2) is 0 Å². The van der Waals surface area contributed by atoms with Crippen molar-refractivity contribution in [1.29, 1.82) is 0 Å². The first-order chi connectivity index (χ1) is 8.70. The van der Waals surface area contributed by atoms with Gasteiger partial charge < -0.3 is 11.1 Å². The molecule has 18 heavy (non-hydrogen) atoms. The Balaban J connectivity index is 1.94. The maximum absolute atomic E-state index is 12.0. The number of anilines is 1. The number of nitrogens with one attached hydrogen (secondary N) is 1. The number of hydrogen-bond donors (Lipinski definition) is 2. The standard InChI is InChI=1S/C10H14N6OS/c1-2-7(16-5-3-4-13-16)9(17)12-6-8-14-15-10(11)18-8/h3-5,7H,2,6H2,1H3,(H2,11,15)(H,12,17)/t7-/m0/s1. The molecule has 0 fully saturated rings. The smallest absolute Gasteiger partial charge is 0.245 e. The summed E-state index contributed by atoms with van der Waals surface area (Å²) in [6.45, 7) is 2.28. The van der Waals surface area contributed by atoms with E-state index < -0.39 is 0 Å². The predicted octanol–water partition coefficient (Wildman–Crippen LogP) is 0.584. The lowest BCUT2D eigenvalue weighted by Crippen LogP contribution is -2.32. The van der Waals surface area contributed by atoms with Crippen molar-refractivity contribution in [2.75, 3.05) is 5.73 Å². The van der Waals surface area contributed by atoms with Crippen LogP contribution in [-0.4, -0.2) is 25.9 Å². The number of carbonyl (C=O) groups excluding carboxylic acids is 1. The first kappa shape index (κ1) is 12.5. The zero-order valence-electron chi connectivity index (χ0n) is 9.91. The average molecular weight is 266 g/mol. The van der Waals surface area contributed by atoms with E-state index in [2.05, 4.69) is 20.6 Å². The van der Waals surface area contributed by atoms with Gasteiger partial charge in [-0.05, 0) is 12.5 Å². The van der Waals surface area contributed by atoms with Gasteiger partial charge in [0.25, 0.3) is 0 Å². The van der Waals surface area contributed by atoms with Gasteiger partial charge in [0, 0.05) is 12.4 Å². The molecule has 0 saturated heterocycles. The Morgan fingerprint density at radius 3 is 3.00 bits per heavy atom. The van der Waals surface area contributed by atoms with Crippen molar-refractivity contribution in [3.63, 3.8) is 0 Å². The number of hydrogen-bond acceptors (Lipinski definition) is 6. The molecule has 0 aliphatic carbocycles. The highest BCUT2D eigenvalue weighted by Gasteiger charge is 2.18. The lowest BCUT2D eigenvalue weighted by molar-refractivity contribution is -0.124. The minimum Gasteiger partial charge on any atom is -0.374 e. The van der Waals surface area contributed by atoms with Crippen LogP contribution in [-0.2, 0) is 11.3 Å². The van der Waals surface area contributed by atoms with Gasteiger partial charge in [0.1, 0.15) is 11.0 Å². The number of rotatable bonds is 5. The molecule has 0 aliphatic rings. The molecule has 0 spiro atoms. The van der Waals surface area contributed by atoms with Crippen LogP contribution in [0.5, 0.6) is 0 Å². The fourth-order valence-corrected chi connectivity index (χ4v) is 2.13. The SMILES string of the molecule is CC[C@@H](C(=O)NCc1nnc(N)s1)n1cccn1. The van der Waals surface area contributed by atoms with Crippen LogP contribution >= 0.6 is 11.3 Å². The second-order valence-corrected chi connectivity index (χ2v) is 4.76. The molecule has 7 nitrogen and oxygen atoms in total. The van der Waals surface area contributed by atoms with Crippen LogP contribution in [0.1, 0.15) is 24.4 Å². The van der Waals surface area contributed by atoms with Crippen LogP contribution < -0.4 is 11.1 Å². The molecule has 0 aliphatic heterocycles. The van der Waals surface area contributed by atoms with E-state index in [0.29, 0.717) is 23.1 Å². The molecule has 2 aromatic heterocycles. The summed E-state index contributed by atoms with van der Waals surface area (Å²) in [5, 5.41) is 15.5. The molecule has 0 aromatic carbocycles. The normalized spacial score (nSPS) is 12.3. The third kappa shape index (κ3) is 2.83. The molecule has 8 heteroatoms. The van der Waals surface area contributed by atoms with Crippen molar-refractivity contribution < 1.29 is 4.79 Å². The lowest BCUT2D eigenvalue weighted by atomic mass is 10.2. The van der Waals surface area contributed by atoms with Gasteiger partial charge in [-0.3, -0.25) is 9.48 Å². The zero-order valence-corrected chi connectivity index (χ0v) is 10.7. The van der Waals surface area contributed by atoms with Crippen LogP contribution in [0.3, 0.4) is 0 Å². The summed E-state index contributed by atoms with van der Waals surface area (Å²) in [5.74, 6) is -0.0880. The molecule has 3 N–H and O–H groups in total. The highest BCUT2D eigenvalue weighted by atomic mass is 32.1. The van der Waals surface area contributed by atoms with Crippen molar-refractivity contribution in [2.24, 2.45) is 0 Å². The van der Waals surface area contributed by atoms with Crippen molar-refractivity contribution in [1.82, 2.24) is 25.3 Å². The molecular weight excluding hydrogens is 252 g/mol. The van der Waals surface area contributed by atoms with Gasteiger partial charge in [-0.1, -0.05) is 18.3 Å². The summed E-state index contributed by atoms with van der Waals surface area (Å²) in [5.41, 5.74) is 5.47. The number of nitrogens with two attached hydrogens (primary N) is 1. The van der Waals surface area contributed by atoms with Crippen LogP contribution in [0.4, 0.5) is 5.13 Å². The minimum absolute atomic E-state index is 0.0880. The van der Waals surface area contributed by atoms with Gasteiger partial charge in [-0.15, -0.1) is 10.2 Å². The molecular formula is C10H14N6OS. The van der Waals surface area contributed by atoms with E-state index in [4.69, 9.17) is 5.73 Å². The van der Waals surface area contributed by atoms with E-state index in [-0.39, 0.29) is 11.9 Å². The second kappa shape index (κ2) is 5.58. The van der Waals surface area contributed by atoms with Crippen molar-refractivity contribution >= 4 is 22.4 Å². The van der Waals surface area contributed by atoms with Crippen molar-refractivity contribution in [3.8, 4) is 0 Å². The monoisotopic (exact) mass is 266 g/mol. The predicted molar refractivity (Wildman–Crippen MR) is 67.7 cm³/mol. The summed E-state index contributed by atoms with van der Waals surface area (Å²) < 4.78 is 1.64. The summed E-state index contributed by atoms with van der Waals surface area (Å²) in [6, 6.07) is 1.49. The lowest BCUT2D eigenvalue weighted by Gasteiger charge is -2.14. The van der Waals surface area contributed by atoms with Crippen LogP contribution in [0.25, 0.3) is 0 Å². The molecule has 2 rings (SSSR count). The van der Waals surface area contributed by atoms with Gasteiger partial charge in [0.2, 0.25) is 11.0 Å². The molecule has 96 valence electrons. The van der Waals surface area contributed by atoms with Crippen molar-refractivity contribution in [3.05, 3.63) is 23.5 Å². The second-order valence-electron chi connectivity index (χ2n) is 3.66. The minimum atomic E-state index is -0.301. The maximum atomic E-state index is 12.0. The third-order valence-corrected chi connectivity index (χ3v) is 3.18. The van der Waals surface area contributed by atoms with E-state index in [1.165, 1.54) is 11.3 Å². The summed E-state index contributed by atoms with van der Waals surface area (Å²) >= 11 is 1.26. The quantitative estimate of drug-likeness (QED) is 0.825. The van der Waals surface area contributed by atoms with Crippen LogP contribution in [0.15, 0.2) is 18.5 Å². The first-order valence-corrected chi connectivity index (χ1v) is 6.37. The largest absolute Gasteiger partial charge is 0.374 e. The molecule has 0 saturated carbocycles. The Morgan fingerprint density at radius 1 is 1.61 bits per heavy atom. The molecule has 2 aromatic rings. The summed E-state index contributed by atoms with van der Waals surface area (Å²) in [6.07, 6.45) is 4.10. The fourth-order valence-electron chi connectivity index (χ4n) is 1.58. The van der Waals surface area contributed by atoms with Gasteiger partial charge >= 0.3 is 0 Å². The molecule has 0 unspecified atom stereocenters. The number of nitrogen functional groups attached to an aromatic ring is 1. The Hall–Kier alpha value is -1.96. The Labute approximate surface area is 108 Å². The first-order valence-electron chi connectivity index (χ1n) is 5.55. The van der Waals surface area contributed by atoms with Crippen molar-refractivity contribution in [2.45, 2.75) is 25.9 Å². The fraction of sp³-hybridized carbons (Fsp3) is 0.400. The molecule has 0 bridgehead atoms. The van der Waals surface area contributed by atoms with E-state index in [1.54, 1.807) is 23.1 Å². The highest BCUT2D eigenvalue weighted by molar-refractivity contribution is 7.15. The van der Waals surface area contributed by atoms with Crippen LogP contribution in [0.2, 0.25) is 0 Å². The number of aromatic nitrogens is 4. The van der Waals surface area contributed by atoms with Gasteiger partial charge in [-0.2, -0.15) is 5.10 Å². The number of carbonyl (C=O) groups is 1. The highest BCUT2D eigenvalue weighted by Crippen LogP contribution is 2.12. The maximum Gasteiger partial charge on any atom is 0.245 e. The molecule has 1 amide bonds. The summed E-state index contributed by atoms with van der Waals surface area (Å²) in [4.78, 5) is 12.0. The van der Waals surface area contributed by atoms with Gasteiger partial charge in [0.05, 0.1) is 6.54 Å². The average Bonchev–Trinajstić information content (AvgIpc) is 2.99. The molecule has 0 radical (unpaired) electrons. The number of amides is 1. The van der Waals surface area contributed by atoms with Crippen LogP contribution in [0, 0.1) is 0 Å². The summed E-state index contributed by atoms with van der Waals surface area (Å²) in [7, 11) is 0. The third-order valence-electron chi connectivity index (χ3n) is 2.43. The topological polar surface area (TPSA) is 98.7 Å². The van der Waals surface area contributed by atoms with Gasteiger partial charge in [-0.25, -0.2) is 0 Å². The zero-order chi connectivity index (χ0) is 13.0. The molecule has 1 atom stereocenters. The Bertz CT molecular complexity index is 508.